The minimum Gasteiger partial charge on any atom is -0.303 e. The number of phosphoric ester groups is 1. The molecule has 0 aromatic carbocycles. The molecule has 0 saturated heterocycles. The molecule has 0 rings (SSSR count). The first-order valence-corrected chi connectivity index (χ1v) is 31.6. The molecule has 0 saturated carbocycles. The number of unbranched alkanes of at least 4 members (excludes halogenated alkanes) is 39. The maximum atomic E-state index is 12.0. The third-order valence-corrected chi connectivity index (χ3v) is 14.3. The molecular weight excluding hydrogens is 830 g/mol. The van der Waals surface area contributed by atoms with Gasteiger partial charge in [-0.05, 0) is 103 Å². The van der Waals surface area contributed by atoms with Crippen LogP contribution in [0.4, 0.5) is 0 Å². The summed E-state index contributed by atoms with van der Waals surface area (Å²) >= 11 is 0. The third-order valence-electron chi connectivity index (χ3n) is 13.3. The molecule has 0 atom stereocenters. The minimum atomic E-state index is -3.89. The van der Waals surface area contributed by atoms with Crippen LogP contribution in [0, 0.1) is 0 Å². The van der Waals surface area contributed by atoms with Crippen molar-refractivity contribution in [1.82, 2.24) is 4.90 Å². The number of rotatable bonds is 55. The van der Waals surface area contributed by atoms with E-state index < -0.39 is 7.82 Å². The summed E-state index contributed by atoms with van der Waals surface area (Å²) in [7, 11) is -3.89. The second kappa shape index (κ2) is 60.7. The van der Waals surface area contributed by atoms with Gasteiger partial charge < -0.3 is 9.79 Å². The first-order chi connectivity index (χ1) is 32.5. The van der Waals surface area contributed by atoms with Crippen LogP contribution in [0.25, 0.3) is 0 Å². The zero-order chi connectivity index (χ0) is 48.4. The van der Waals surface area contributed by atoms with Crippen molar-refractivity contribution in [3.63, 3.8) is 0 Å². The van der Waals surface area contributed by atoms with Gasteiger partial charge in [0.25, 0.3) is 0 Å². The Morgan fingerprint density at radius 2 is 0.500 bits per heavy atom. The van der Waals surface area contributed by atoms with E-state index >= 15 is 0 Å². The van der Waals surface area contributed by atoms with Crippen molar-refractivity contribution in [1.29, 1.82) is 0 Å². The Bertz CT molecular complexity index is 886. The number of hydrogen-bond acceptors (Lipinski definition) is 4. The number of nitrogens with zero attached hydrogens (tertiary/aromatic N) is 1. The van der Waals surface area contributed by atoms with Crippen molar-refractivity contribution in [2.75, 3.05) is 32.8 Å². The van der Waals surface area contributed by atoms with E-state index in [2.05, 4.69) is 63.8 Å². The summed E-state index contributed by atoms with van der Waals surface area (Å²) < 4.78 is 22.3. The lowest BCUT2D eigenvalue weighted by Crippen LogP contribution is -2.27. The second-order valence-electron chi connectivity index (χ2n) is 20.2. The van der Waals surface area contributed by atoms with Crippen molar-refractivity contribution >= 4 is 7.82 Å². The molecule has 0 aromatic rings. The maximum Gasteiger partial charge on any atom is 0.472 e. The van der Waals surface area contributed by atoms with E-state index in [4.69, 9.17) is 9.05 Å². The van der Waals surface area contributed by atoms with Gasteiger partial charge in [0.05, 0.1) is 13.2 Å². The smallest absolute Gasteiger partial charge is 0.303 e. The fourth-order valence-corrected chi connectivity index (χ4v) is 9.57. The molecule has 0 aliphatic rings. The van der Waals surface area contributed by atoms with Crippen LogP contribution in [0.5, 0.6) is 0 Å². The molecule has 396 valence electrons. The molecule has 0 radical (unpaired) electrons. The number of phosphoric acid groups is 1. The van der Waals surface area contributed by atoms with Crippen LogP contribution in [-0.4, -0.2) is 42.6 Å². The van der Waals surface area contributed by atoms with E-state index in [-0.39, 0.29) is 0 Å². The molecule has 0 aliphatic carbocycles. The van der Waals surface area contributed by atoms with Crippen LogP contribution in [-0.2, 0) is 13.6 Å². The van der Waals surface area contributed by atoms with Crippen molar-refractivity contribution in [2.24, 2.45) is 0 Å². The van der Waals surface area contributed by atoms with Crippen LogP contribution in [0.2, 0.25) is 0 Å². The standard InChI is InChI=1S/C36H71O4P.C24H51N/c1-3-5-7-9-11-13-15-17-19-21-23-25-27-29-31-33-35-39-41(37,38)40-36-34-32-30-28-26-24-22-20-18-16-14-12-10-8-6-4-2;1-4-7-10-13-16-19-22-25(23-20-17-14-11-8-5-2)24-21-18-15-12-9-6-3/h17-20H,3-16,21-36H2,1-2H3,(H,37,38);4-24H2,1-3H3/b19-17-,20-18-;. The average molecular weight is 953 g/mol. The molecule has 1 N–H and O–H groups in total. The zero-order valence-electron chi connectivity index (χ0n) is 45.9. The lowest BCUT2D eigenvalue weighted by molar-refractivity contribution is 0.145. The fraction of sp³-hybridized carbons (Fsp3) is 0.933. The Labute approximate surface area is 416 Å². The van der Waals surface area contributed by atoms with E-state index in [0.29, 0.717) is 13.2 Å². The molecule has 0 heterocycles. The lowest BCUT2D eigenvalue weighted by atomic mass is 10.1. The average Bonchev–Trinajstić information content (AvgIpc) is 3.31. The first-order valence-electron chi connectivity index (χ1n) is 30.1. The van der Waals surface area contributed by atoms with Crippen LogP contribution >= 0.6 is 7.82 Å². The van der Waals surface area contributed by atoms with Crippen molar-refractivity contribution in [2.45, 2.75) is 330 Å². The van der Waals surface area contributed by atoms with Gasteiger partial charge in [0.2, 0.25) is 0 Å². The predicted molar refractivity (Wildman–Crippen MR) is 297 cm³/mol. The van der Waals surface area contributed by atoms with Crippen molar-refractivity contribution in [3.05, 3.63) is 24.3 Å². The third kappa shape index (κ3) is 61.6. The Balaban J connectivity index is 0. The van der Waals surface area contributed by atoms with Crippen LogP contribution in [0.15, 0.2) is 24.3 Å². The van der Waals surface area contributed by atoms with Gasteiger partial charge in [-0.3, -0.25) is 9.05 Å². The lowest BCUT2D eigenvalue weighted by Gasteiger charge is -2.22. The summed E-state index contributed by atoms with van der Waals surface area (Å²) in [5.41, 5.74) is 0. The van der Waals surface area contributed by atoms with Crippen LogP contribution in [0.3, 0.4) is 0 Å². The summed E-state index contributed by atoms with van der Waals surface area (Å²) in [4.78, 5) is 12.7. The molecule has 5 nitrogen and oxygen atoms in total. The molecule has 0 spiro atoms. The van der Waals surface area contributed by atoms with E-state index in [1.165, 1.54) is 276 Å². The summed E-state index contributed by atoms with van der Waals surface area (Å²) in [6.07, 6.45) is 70.1. The molecule has 66 heavy (non-hydrogen) atoms. The van der Waals surface area contributed by atoms with Crippen LogP contribution < -0.4 is 0 Å². The van der Waals surface area contributed by atoms with Gasteiger partial charge in [-0.2, -0.15) is 0 Å². The molecule has 0 amide bonds. The Morgan fingerprint density at radius 1 is 0.303 bits per heavy atom. The topological polar surface area (TPSA) is 59.0 Å². The fourth-order valence-electron chi connectivity index (χ4n) is 8.78. The van der Waals surface area contributed by atoms with Gasteiger partial charge in [-0.25, -0.2) is 4.57 Å². The highest BCUT2D eigenvalue weighted by molar-refractivity contribution is 7.47. The van der Waals surface area contributed by atoms with Crippen molar-refractivity contribution in [3.8, 4) is 0 Å². The summed E-state index contributed by atoms with van der Waals surface area (Å²) in [6, 6.07) is 0. The van der Waals surface area contributed by atoms with E-state index in [0.717, 1.165) is 38.5 Å². The summed E-state index contributed by atoms with van der Waals surface area (Å²) in [5.74, 6) is 0. The quantitative estimate of drug-likeness (QED) is 0.0374. The SMILES string of the molecule is CCCCCCCC/C=C\CCCCCCCCOP(=O)(O)OCCCCCCCC/C=C\CCCCCCCC.CCCCCCCCN(CCCCCCCC)CCCCCCCC. The Hall–Kier alpha value is -0.450. The van der Waals surface area contributed by atoms with Gasteiger partial charge in [-0.1, -0.05) is 271 Å². The minimum absolute atomic E-state index is 0.308. The van der Waals surface area contributed by atoms with Crippen LogP contribution in [0.1, 0.15) is 330 Å². The predicted octanol–water partition coefficient (Wildman–Crippen LogP) is 21.6. The highest BCUT2D eigenvalue weighted by Crippen LogP contribution is 2.43. The highest BCUT2D eigenvalue weighted by Gasteiger charge is 2.20. The first kappa shape index (κ1) is 67.6. The molecule has 0 aliphatic heterocycles. The van der Waals surface area contributed by atoms with E-state index in [9.17, 15) is 9.46 Å². The monoisotopic (exact) mass is 952 g/mol. The highest BCUT2D eigenvalue weighted by atomic mass is 31.2. The summed E-state index contributed by atoms with van der Waals surface area (Å²) in [5, 5.41) is 0. The Morgan fingerprint density at radius 3 is 0.742 bits per heavy atom. The Kier molecular flexibility index (Phi) is 62.2. The molecular formula is C60H122NO4P. The van der Waals surface area contributed by atoms with E-state index in [1.807, 2.05) is 0 Å². The molecule has 0 aromatic heterocycles. The van der Waals surface area contributed by atoms with Gasteiger partial charge in [0.15, 0.2) is 0 Å². The number of hydrogen-bond donors (Lipinski definition) is 1. The van der Waals surface area contributed by atoms with E-state index in [1.54, 1.807) is 0 Å². The van der Waals surface area contributed by atoms with Gasteiger partial charge in [0, 0.05) is 0 Å². The van der Waals surface area contributed by atoms with Gasteiger partial charge >= 0.3 is 7.82 Å². The largest absolute Gasteiger partial charge is 0.472 e. The van der Waals surface area contributed by atoms with Gasteiger partial charge in [0.1, 0.15) is 0 Å². The zero-order valence-corrected chi connectivity index (χ0v) is 46.8. The molecule has 6 heteroatoms. The normalized spacial score (nSPS) is 12.0. The number of allylic oxidation sites excluding steroid dienone is 4. The van der Waals surface area contributed by atoms with Gasteiger partial charge in [-0.15, -0.1) is 0 Å². The molecule has 0 bridgehead atoms. The maximum absolute atomic E-state index is 12.0. The molecule has 0 unspecified atom stereocenters. The summed E-state index contributed by atoms with van der Waals surface area (Å²) in [6.45, 7) is 16.1. The van der Waals surface area contributed by atoms with Crippen molar-refractivity contribution < 1.29 is 18.5 Å². The molecule has 0 fully saturated rings. The second-order valence-corrected chi connectivity index (χ2v) is 21.6.